The molecule has 0 saturated carbocycles. The van der Waals surface area contributed by atoms with Crippen LogP contribution >= 0.6 is 0 Å². The molecule has 6 nitrogen and oxygen atoms in total. The molecule has 0 radical (unpaired) electrons. The van der Waals surface area contributed by atoms with Crippen molar-refractivity contribution in [2.45, 2.75) is 13.0 Å². The molecule has 2 aromatic rings. The molecule has 1 heterocycles. The maximum Gasteiger partial charge on any atom is 0.271 e. The summed E-state index contributed by atoms with van der Waals surface area (Å²) in [5.74, 6) is -0.308. The number of aryl methyl sites for hydroxylation is 1. The summed E-state index contributed by atoms with van der Waals surface area (Å²) in [6.07, 6.45) is 0.684. The van der Waals surface area contributed by atoms with Gasteiger partial charge >= 0.3 is 0 Å². The van der Waals surface area contributed by atoms with Gasteiger partial charge in [-0.25, -0.2) is 4.68 Å². The molecule has 0 spiro atoms. The second kappa shape index (κ2) is 6.81. The number of amides is 1. The van der Waals surface area contributed by atoms with E-state index in [-0.39, 0.29) is 23.8 Å². The molecule has 0 atom stereocenters. The maximum atomic E-state index is 11.9. The number of hydrogen-bond acceptors (Lipinski definition) is 4. The average molecular weight is 287 g/mol. The van der Waals surface area contributed by atoms with Crippen molar-refractivity contribution in [1.29, 1.82) is 0 Å². The van der Waals surface area contributed by atoms with E-state index in [2.05, 4.69) is 10.4 Å². The number of aromatic nitrogens is 2. The average Bonchev–Trinajstić information content (AvgIpc) is 2.50. The summed E-state index contributed by atoms with van der Waals surface area (Å²) in [6.45, 7) is 0.497. The summed E-state index contributed by atoms with van der Waals surface area (Å²) in [5.41, 5.74) is 1.89. The summed E-state index contributed by atoms with van der Waals surface area (Å²) >= 11 is 0. The molecule has 21 heavy (non-hydrogen) atoms. The Morgan fingerprint density at radius 1 is 1.19 bits per heavy atom. The van der Waals surface area contributed by atoms with Crippen LogP contribution in [-0.4, -0.2) is 27.3 Å². The van der Waals surface area contributed by atoms with E-state index >= 15 is 0 Å². The predicted octanol–water partition coefficient (Wildman–Crippen LogP) is 0.245. The Kier molecular flexibility index (Phi) is 4.84. The van der Waals surface area contributed by atoms with Crippen molar-refractivity contribution in [2.24, 2.45) is 7.05 Å². The van der Waals surface area contributed by atoms with Crippen LogP contribution in [-0.2, 0) is 20.1 Å². The molecule has 0 unspecified atom stereocenters. The van der Waals surface area contributed by atoms with Gasteiger partial charge in [-0.05, 0) is 23.6 Å². The largest absolute Gasteiger partial charge is 0.392 e. The smallest absolute Gasteiger partial charge is 0.271 e. The Balaban J connectivity index is 1.88. The Labute approximate surface area is 122 Å². The lowest BCUT2D eigenvalue weighted by Crippen LogP contribution is -2.29. The van der Waals surface area contributed by atoms with E-state index < -0.39 is 0 Å². The highest BCUT2D eigenvalue weighted by molar-refractivity contribution is 5.91. The standard InChI is InChI=1S/C15H17N3O3/c1-18-14(20)7-6-13(17-18)15(21)16-9-8-11-2-4-12(10-19)5-3-11/h2-7,19H,8-10H2,1H3,(H,16,21). The molecule has 1 amide bonds. The van der Waals surface area contributed by atoms with Gasteiger partial charge in [0.05, 0.1) is 6.61 Å². The SMILES string of the molecule is Cn1nc(C(=O)NCCc2ccc(CO)cc2)ccc1=O. The Morgan fingerprint density at radius 2 is 1.86 bits per heavy atom. The van der Waals surface area contributed by atoms with Crippen molar-refractivity contribution < 1.29 is 9.90 Å². The molecular formula is C15H17N3O3. The quantitative estimate of drug-likeness (QED) is 0.825. The van der Waals surface area contributed by atoms with Crippen LogP contribution in [0.2, 0.25) is 0 Å². The third-order valence-corrected chi connectivity index (χ3v) is 3.10. The molecule has 6 heteroatoms. The maximum absolute atomic E-state index is 11.9. The van der Waals surface area contributed by atoms with Crippen LogP contribution < -0.4 is 10.9 Å². The molecule has 2 rings (SSSR count). The number of nitrogens with one attached hydrogen (secondary N) is 1. The van der Waals surface area contributed by atoms with Gasteiger partial charge in [0.1, 0.15) is 5.69 Å². The molecule has 2 N–H and O–H groups in total. The van der Waals surface area contributed by atoms with Gasteiger partial charge in [-0.15, -0.1) is 0 Å². The molecule has 1 aromatic carbocycles. The third kappa shape index (κ3) is 4.00. The second-order valence-corrected chi connectivity index (χ2v) is 4.66. The first-order valence-electron chi connectivity index (χ1n) is 6.61. The minimum absolute atomic E-state index is 0.0232. The van der Waals surface area contributed by atoms with Crippen LogP contribution in [0.5, 0.6) is 0 Å². The van der Waals surface area contributed by atoms with Crippen LogP contribution in [0.1, 0.15) is 21.6 Å². The number of hydrogen-bond donors (Lipinski definition) is 2. The molecule has 0 fully saturated rings. The van der Waals surface area contributed by atoms with E-state index in [4.69, 9.17) is 5.11 Å². The van der Waals surface area contributed by atoms with E-state index in [1.807, 2.05) is 24.3 Å². The molecule has 0 bridgehead atoms. The first-order valence-corrected chi connectivity index (χ1v) is 6.61. The van der Waals surface area contributed by atoms with Crippen LogP contribution in [0.3, 0.4) is 0 Å². The minimum Gasteiger partial charge on any atom is -0.392 e. The summed E-state index contributed by atoms with van der Waals surface area (Å²) in [7, 11) is 1.50. The number of aliphatic hydroxyl groups is 1. The highest BCUT2D eigenvalue weighted by Gasteiger charge is 2.07. The van der Waals surface area contributed by atoms with Gasteiger partial charge in [0.25, 0.3) is 11.5 Å². The van der Waals surface area contributed by atoms with Gasteiger partial charge in [-0.1, -0.05) is 24.3 Å². The zero-order valence-electron chi connectivity index (χ0n) is 11.7. The topological polar surface area (TPSA) is 84.2 Å². The zero-order chi connectivity index (χ0) is 15.2. The highest BCUT2D eigenvalue weighted by Crippen LogP contribution is 2.04. The Morgan fingerprint density at radius 3 is 2.48 bits per heavy atom. The molecule has 110 valence electrons. The predicted molar refractivity (Wildman–Crippen MR) is 77.9 cm³/mol. The van der Waals surface area contributed by atoms with Crippen LogP contribution in [0.4, 0.5) is 0 Å². The number of carbonyl (C=O) groups excluding carboxylic acids is 1. The fourth-order valence-electron chi connectivity index (χ4n) is 1.85. The number of aliphatic hydroxyl groups excluding tert-OH is 1. The number of rotatable bonds is 5. The van der Waals surface area contributed by atoms with Crippen molar-refractivity contribution in [3.05, 3.63) is 63.6 Å². The lowest BCUT2D eigenvalue weighted by Gasteiger charge is -2.06. The number of benzene rings is 1. The first-order chi connectivity index (χ1) is 10.1. The number of nitrogens with zero attached hydrogens (tertiary/aromatic N) is 2. The van der Waals surface area contributed by atoms with E-state index in [9.17, 15) is 9.59 Å². The second-order valence-electron chi connectivity index (χ2n) is 4.66. The fourth-order valence-corrected chi connectivity index (χ4v) is 1.85. The van der Waals surface area contributed by atoms with Crippen molar-refractivity contribution in [3.63, 3.8) is 0 Å². The van der Waals surface area contributed by atoms with Gasteiger partial charge in [-0.3, -0.25) is 9.59 Å². The Bertz CT molecular complexity index is 677. The summed E-state index contributed by atoms with van der Waals surface area (Å²) in [5, 5.41) is 15.6. The molecule has 0 aliphatic carbocycles. The molecule has 0 aliphatic heterocycles. The highest BCUT2D eigenvalue weighted by atomic mass is 16.3. The number of carbonyl (C=O) groups is 1. The van der Waals surface area contributed by atoms with E-state index in [0.29, 0.717) is 13.0 Å². The zero-order valence-corrected chi connectivity index (χ0v) is 11.7. The minimum atomic E-state index is -0.308. The summed E-state index contributed by atoms with van der Waals surface area (Å²) in [6, 6.07) is 10.3. The third-order valence-electron chi connectivity index (χ3n) is 3.10. The molecule has 0 aliphatic rings. The van der Waals surface area contributed by atoms with Crippen molar-refractivity contribution in [1.82, 2.24) is 15.1 Å². The van der Waals surface area contributed by atoms with Crippen LogP contribution in [0.25, 0.3) is 0 Å². The molecule has 1 aromatic heterocycles. The lowest BCUT2D eigenvalue weighted by atomic mass is 10.1. The van der Waals surface area contributed by atoms with E-state index in [0.717, 1.165) is 15.8 Å². The normalized spacial score (nSPS) is 10.4. The summed E-state index contributed by atoms with van der Waals surface area (Å²) < 4.78 is 1.13. The van der Waals surface area contributed by atoms with E-state index in [1.54, 1.807) is 0 Å². The monoisotopic (exact) mass is 287 g/mol. The van der Waals surface area contributed by atoms with E-state index in [1.165, 1.54) is 19.2 Å². The van der Waals surface area contributed by atoms with Crippen molar-refractivity contribution in [3.8, 4) is 0 Å². The first kappa shape index (κ1) is 14.9. The van der Waals surface area contributed by atoms with Gasteiger partial charge in [0.2, 0.25) is 0 Å². The fraction of sp³-hybridized carbons (Fsp3) is 0.267. The molecule has 0 saturated heterocycles. The van der Waals surface area contributed by atoms with Gasteiger partial charge in [0, 0.05) is 19.7 Å². The van der Waals surface area contributed by atoms with Gasteiger partial charge in [-0.2, -0.15) is 5.10 Å². The van der Waals surface area contributed by atoms with Crippen molar-refractivity contribution in [2.75, 3.05) is 6.54 Å². The molecular weight excluding hydrogens is 270 g/mol. The summed E-state index contributed by atoms with van der Waals surface area (Å²) in [4.78, 5) is 23.1. The van der Waals surface area contributed by atoms with Gasteiger partial charge in [0.15, 0.2) is 0 Å². The van der Waals surface area contributed by atoms with Crippen molar-refractivity contribution >= 4 is 5.91 Å². The van der Waals surface area contributed by atoms with Crippen LogP contribution in [0, 0.1) is 0 Å². The van der Waals surface area contributed by atoms with Gasteiger partial charge < -0.3 is 10.4 Å². The van der Waals surface area contributed by atoms with Crippen LogP contribution in [0.15, 0.2) is 41.2 Å². The lowest BCUT2D eigenvalue weighted by molar-refractivity contribution is 0.0947. The Hall–Kier alpha value is -2.47.